The maximum atomic E-state index is 6.59. The second kappa shape index (κ2) is 6.27. The first-order valence-electron chi connectivity index (χ1n) is 9.64. The molecule has 4 heteroatoms. The van der Waals surface area contributed by atoms with Crippen molar-refractivity contribution in [2.24, 2.45) is 11.1 Å². The van der Waals surface area contributed by atoms with E-state index >= 15 is 0 Å². The average Bonchev–Trinajstić information content (AvgIpc) is 2.53. The molecule has 1 aromatic carbocycles. The zero-order chi connectivity index (χ0) is 18.4. The summed E-state index contributed by atoms with van der Waals surface area (Å²) in [7, 11) is 0. The molecule has 0 radical (unpaired) electrons. The van der Waals surface area contributed by atoms with E-state index in [2.05, 4.69) is 32.2 Å². The second-order valence-electron chi connectivity index (χ2n) is 9.06. The molecule has 0 saturated heterocycles. The Kier molecular flexibility index (Phi) is 4.19. The van der Waals surface area contributed by atoms with Gasteiger partial charge in [-0.05, 0) is 49.3 Å². The number of hydrogen-bond donors (Lipinski definition) is 2. The Morgan fingerprint density at radius 1 is 1.23 bits per heavy atom. The third-order valence-corrected chi connectivity index (χ3v) is 5.38. The first-order valence-corrected chi connectivity index (χ1v) is 9.64. The van der Waals surface area contributed by atoms with Crippen LogP contribution in [-0.4, -0.2) is 10.6 Å². The van der Waals surface area contributed by atoms with E-state index < -0.39 is 0 Å². The fraction of sp³-hybridized carbons (Fsp3) is 0.500. The lowest BCUT2D eigenvalue weighted by Gasteiger charge is -2.47. The predicted octanol–water partition coefficient (Wildman–Crippen LogP) is 5.12. The van der Waals surface area contributed by atoms with Crippen molar-refractivity contribution in [3.63, 3.8) is 0 Å². The van der Waals surface area contributed by atoms with Gasteiger partial charge >= 0.3 is 0 Å². The van der Waals surface area contributed by atoms with E-state index in [1.165, 1.54) is 6.42 Å². The summed E-state index contributed by atoms with van der Waals surface area (Å²) in [6, 6.07) is 12.3. The standard InChI is InChI=1S/C22H29N3O/c1-21(2,3)13-16-12-17-18(23)14-22(10-7-11-22)26-19(17)20(25-16)24-15-8-5-4-6-9-15/h4-6,8-9,12,18H,7,10-11,13-14,23H2,1-3H3,(H,24,25)/t18-/m0/s1. The normalized spacial score (nSPS) is 20.8. The van der Waals surface area contributed by atoms with Crippen molar-refractivity contribution in [1.29, 1.82) is 0 Å². The summed E-state index contributed by atoms with van der Waals surface area (Å²) in [4.78, 5) is 4.93. The van der Waals surface area contributed by atoms with Gasteiger partial charge in [0.25, 0.3) is 0 Å². The van der Waals surface area contributed by atoms with Crippen molar-refractivity contribution in [3.8, 4) is 5.75 Å². The SMILES string of the molecule is CC(C)(C)Cc1cc2c(c(Nc3ccccc3)n1)OC1(CCC1)C[C@@H]2N. The lowest BCUT2D eigenvalue weighted by Crippen LogP contribution is -2.48. The van der Waals surface area contributed by atoms with E-state index in [4.69, 9.17) is 15.5 Å². The highest BCUT2D eigenvalue weighted by Crippen LogP contribution is 2.50. The monoisotopic (exact) mass is 351 g/mol. The Hall–Kier alpha value is -2.07. The van der Waals surface area contributed by atoms with Crippen LogP contribution >= 0.6 is 0 Å². The van der Waals surface area contributed by atoms with E-state index in [9.17, 15) is 0 Å². The van der Waals surface area contributed by atoms with Crippen molar-refractivity contribution in [1.82, 2.24) is 4.98 Å². The van der Waals surface area contributed by atoms with Crippen LogP contribution in [0.5, 0.6) is 5.75 Å². The highest BCUT2D eigenvalue weighted by Gasteiger charge is 2.45. The molecule has 4 rings (SSSR count). The number of para-hydroxylation sites is 1. The topological polar surface area (TPSA) is 60.2 Å². The van der Waals surface area contributed by atoms with Gasteiger partial charge in [0.05, 0.1) is 0 Å². The predicted molar refractivity (Wildman–Crippen MR) is 106 cm³/mol. The van der Waals surface area contributed by atoms with Gasteiger partial charge in [0, 0.05) is 29.4 Å². The molecule has 1 spiro atoms. The van der Waals surface area contributed by atoms with E-state index in [0.29, 0.717) is 0 Å². The smallest absolute Gasteiger partial charge is 0.173 e. The third kappa shape index (κ3) is 3.43. The number of rotatable bonds is 3. The Bertz CT molecular complexity index is 791. The lowest BCUT2D eigenvalue weighted by atomic mass is 9.73. The number of hydrogen-bond acceptors (Lipinski definition) is 4. The van der Waals surface area contributed by atoms with Gasteiger partial charge in [0.1, 0.15) is 5.60 Å². The van der Waals surface area contributed by atoms with Crippen LogP contribution in [-0.2, 0) is 6.42 Å². The van der Waals surface area contributed by atoms with E-state index in [0.717, 1.165) is 54.2 Å². The molecule has 26 heavy (non-hydrogen) atoms. The van der Waals surface area contributed by atoms with Gasteiger partial charge < -0.3 is 15.8 Å². The van der Waals surface area contributed by atoms with Gasteiger partial charge in [-0.1, -0.05) is 39.0 Å². The number of nitrogens with two attached hydrogens (primary N) is 1. The fourth-order valence-electron chi connectivity index (χ4n) is 4.01. The number of aromatic nitrogens is 1. The molecule has 1 aromatic heterocycles. The zero-order valence-corrected chi connectivity index (χ0v) is 16.0. The maximum Gasteiger partial charge on any atom is 0.173 e. The maximum absolute atomic E-state index is 6.59. The molecular formula is C22H29N3O. The van der Waals surface area contributed by atoms with Crippen molar-refractivity contribution < 1.29 is 4.74 Å². The summed E-state index contributed by atoms with van der Waals surface area (Å²) in [5.74, 6) is 1.65. The number of ether oxygens (including phenoxy) is 1. The minimum absolute atomic E-state index is 0.0112. The van der Waals surface area contributed by atoms with Crippen LogP contribution in [0.1, 0.15) is 63.8 Å². The fourth-order valence-corrected chi connectivity index (χ4v) is 4.01. The number of nitrogens with one attached hydrogen (secondary N) is 1. The average molecular weight is 351 g/mol. The number of anilines is 2. The Labute approximate surface area is 156 Å². The number of benzene rings is 1. The van der Waals surface area contributed by atoms with Gasteiger partial charge in [-0.3, -0.25) is 0 Å². The molecule has 2 aliphatic rings. The van der Waals surface area contributed by atoms with Crippen LogP contribution in [0.15, 0.2) is 36.4 Å². The number of nitrogens with zero attached hydrogens (tertiary/aromatic N) is 1. The molecule has 4 nitrogen and oxygen atoms in total. The summed E-state index contributed by atoms with van der Waals surface area (Å²) in [6.45, 7) is 6.70. The van der Waals surface area contributed by atoms with E-state index in [1.807, 2.05) is 30.3 Å². The molecule has 2 aromatic rings. The number of fused-ring (bicyclic) bond motifs is 1. The van der Waals surface area contributed by atoms with Crippen LogP contribution in [0.2, 0.25) is 0 Å². The molecule has 2 heterocycles. The first-order chi connectivity index (χ1) is 12.3. The molecule has 1 saturated carbocycles. The molecule has 1 aliphatic heterocycles. The summed E-state index contributed by atoms with van der Waals surface area (Å²) in [5, 5.41) is 3.47. The highest BCUT2D eigenvalue weighted by atomic mass is 16.5. The van der Waals surface area contributed by atoms with Crippen LogP contribution in [0, 0.1) is 5.41 Å². The quantitative estimate of drug-likeness (QED) is 0.806. The first kappa shape index (κ1) is 17.3. The van der Waals surface area contributed by atoms with Crippen molar-refractivity contribution >= 4 is 11.5 Å². The molecule has 0 unspecified atom stereocenters. The zero-order valence-electron chi connectivity index (χ0n) is 16.0. The molecule has 138 valence electrons. The van der Waals surface area contributed by atoms with Crippen LogP contribution < -0.4 is 15.8 Å². The van der Waals surface area contributed by atoms with Gasteiger partial charge in [0.2, 0.25) is 0 Å². The van der Waals surface area contributed by atoms with Crippen molar-refractivity contribution in [2.75, 3.05) is 5.32 Å². The minimum Gasteiger partial charge on any atom is -0.483 e. The molecule has 3 N–H and O–H groups in total. The third-order valence-electron chi connectivity index (χ3n) is 5.38. The summed E-state index contributed by atoms with van der Waals surface area (Å²) >= 11 is 0. The Balaban J connectivity index is 1.76. The van der Waals surface area contributed by atoms with Crippen LogP contribution in [0.3, 0.4) is 0 Å². The second-order valence-corrected chi connectivity index (χ2v) is 9.06. The molecule has 1 atom stereocenters. The highest BCUT2D eigenvalue weighted by molar-refractivity contribution is 5.66. The molecule has 1 fully saturated rings. The minimum atomic E-state index is -0.0766. The van der Waals surface area contributed by atoms with Gasteiger partial charge in [0.15, 0.2) is 11.6 Å². The molecule has 0 amide bonds. The van der Waals surface area contributed by atoms with E-state index in [-0.39, 0.29) is 17.1 Å². The summed E-state index contributed by atoms with van der Waals surface area (Å²) in [5.41, 5.74) is 9.86. The summed E-state index contributed by atoms with van der Waals surface area (Å²) < 4.78 is 6.51. The van der Waals surface area contributed by atoms with Crippen LogP contribution in [0.4, 0.5) is 11.5 Å². The largest absolute Gasteiger partial charge is 0.483 e. The molecular weight excluding hydrogens is 322 g/mol. The van der Waals surface area contributed by atoms with Gasteiger partial charge in [-0.2, -0.15) is 0 Å². The van der Waals surface area contributed by atoms with E-state index in [1.54, 1.807) is 0 Å². The Morgan fingerprint density at radius 2 is 1.96 bits per heavy atom. The Morgan fingerprint density at radius 3 is 2.58 bits per heavy atom. The van der Waals surface area contributed by atoms with Crippen molar-refractivity contribution in [3.05, 3.63) is 47.7 Å². The lowest BCUT2D eigenvalue weighted by molar-refractivity contribution is -0.0326. The van der Waals surface area contributed by atoms with Crippen LogP contribution in [0.25, 0.3) is 0 Å². The summed E-state index contributed by atoms with van der Waals surface area (Å²) in [6.07, 6.45) is 5.22. The van der Waals surface area contributed by atoms with Crippen molar-refractivity contribution in [2.45, 2.75) is 64.5 Å². The number of pyridine rings is 1. The van der Waals surface area contributed by atoms with Gasteiger partial charge in [-0.25, -0.2) is 4.98 Å². The van der Waals surface area contributed by atoms with Gasteiger partial charge in [-0.15, -0.1) is 0 Å². The molecule has 0 bridgehead atoms. The molecule has 1 aliphatic carbocycles.